The number of amides is 3. The first-order valence-corrected chi connectivity index (χ1v) is 10.8. The summed E-state index contributed by atoms with van der Waals surface area (Å²) in [5.74, 6) is 0.294. The Morgan fingerprint density at radius 1 is 0.897 bits per heavy atom. The van der Waals surface area contributed by atoms with Gasteiger partial charge in [-0.15, -0.1) is 0 Å². The second-order valence-electron chi connectivity index (χ2n) is 8.18. The van der Waals surface area contributed by atoms with Crippen molar-refractivity contribution >= 4 is 17.7 Å². The summed E-state index contributed by atoms with van der Waals surface area (Å²) in [6, 6.07) is 2.92. The summed E-state index contributed by atoms with van der Waals surface area (Å²) in [6.45, 7) is 5.37. The van der Waals surface area contributed by atoms with E-state index in [2.05, 4.69) is 4.90 Å². The Kier molecular flexibility index (Phi) is 6.18. The largest absolute Gasteiger partial charge is 0.459 e. The van der Waals surface area contributed by atoms with Gasteiger partial charge < -0.3 is 19.1 Å². The minimum absolute atomic E-state index is 0.0180. The van der Waals surface area contributed by atoms with Crippen LogP contribution in [0.2, 0.25) is 0 Å². The van der Waals surface area contributed by atoms with E-state index in [1.54, 1.807) is 17.0 Å². The van der Waals surface area contributed by atoms with Crippen molar-refractivity contribution < 1.29 is 18.8 Å². The second-order valence-corrected chi connectivity index (χ2v) is 8.18. The predicted octanol–water partition coefficient (Wildman–Crippen LogP) is 1.04. The number of nitrogens with zero attached hydrogens (tertiary/aromatic N) is 4. The molecule has 1 aromatic rings. The first kappa shape index (κ1) is 19.9. The zero-order valence-corrected chi connectivity index (χ0v) is 16.9. The van der Waals surface area contributed by atoms with Gasteiger partial charge in [-0.3, -0.25) is 19.3 Å². The standard InChI is InChI=1S/C21H30N4O4/c26-19(23-8-2-1-3-9-23)16-22-11-13-24(14-12-22)20(27)17-6-4-10-25(17)21(28)18-7-5-15-29-18/h5,7,15,17H,1-4,6,8-14,16H2. The number of piperidine rings is 1. The van der Waals surface area contributed by atoms with Crippen LogP contribution in [-0.4, -0.2) is 95.7 Å². The van der Waals surface area contributed by atoms with Gasteiger partial charge in [0.25, 0.3) is 5.91 Å². The van der Waals surface area contributed by atoms with Gasteiger partial charge in [-0.25, -0.2) is 0 Å². The number of hydrogen-bond acceptors (Lipinski definition) is 5. The lowest BCUT2D eigenvalue weighted by Crippen LogP contribution is -2.55. The Bertz CT molecular complexity index is 721. The fourth-order valence-corrected chi connectivity index (χ4v) is 4.58. The number of rotatable bonds is 4. The highest BCUT2D eigenvalue weighted by Crippen LogP contribution is 2.23. The van der Waals surface area contributed by atoms with E-state index in [0.29, 0.717) is 45.7 Å². The molecule has 4 heterocycles. The van der Waals surface area contributed by atoms with Crippen LogP contribution in [0.1, 0.15) is 42.7 Å². The topological polar surface area (TPSA) is 77.3 Å². The fourth-order valence-electron chi connectivity index (χ4n) is 4.58. The Balaban J connectivity index is 1.28. The minimum Gasteiger partial charge on any atom is -0.459 e. The molecule has 4 rings (SSSR count). The molecule has 158 valence electrons. The summed E-state index contributed by atoms with van der Waals surface area (Å²) in [4.78, 5) is 45.8. The lowest BCUT2D eigenvalue weighted by molar-refractivity contribution is -0.138. The molecule has 29 heavy (non-hydrogen) atoms. The van der Waals surface area contributed by atoms with Crippen molar-refractivity contribution in [3.05, 3.63) is 24.2 Å². The summed E-state index contributed by atoms with van der Waals surface area (Å²) in [7, 11) is 0. The molecular weight excluding hydrogens is 372 g/mol. The maximum Gasteiger partial charge on any atom is 0.290 e. The molecule has 1 unspecified atom stereocenters. The molecule has 0 N–H and O–H groups in total. The minimum atomic E-state index is -0.408. The van der Waals surface area contributed by atoms with E-state index in [1.807, 2.05) is 9.80 Å². The van der Waals surface area contributed by atoms with Crippen LogP contribution in [0, 0.1) is 0 Å². The molecule has 8 heteroatoms. The Morgan fingerprint density at radius 2 is 1.66 bits per heavy atom. The van der Waals surface area contributed by atoms with Crippen molar-refractivity contribution in [3.63, 3.8) is 0 Å². The van der Waals surface area contributed by atoms with E-state index in [-0.39, 0.29) is 23.5 Å². The zero-order chi connectivity index (χ0) is 20.2. The molecule has 0 saturated carbocycles. The highest BCUT2D eigenvalue weighted by atomic mass is 16.3. The lowest BCUT2D eigenvalue weighted by Gasteiger charge is -2.38. The van der Waals surface area contributed by atoms with E-state index in [0.717, 1.165) is 32.4 Å². The number of hydrogen-bond donors (Lipinski definition) is 0. The number of carbonyl (C=O) groups is 3. The fraction of sp³-hybridized carbons (Fsp3) is 0.667. The molecule has 3 aliphatic rings. The van der Waals surface area contributed by atoms with Crippen LogP contribution in [-0.2, 0) is 9.59 Å². The third-order valence-corrected chi connectivity index (χ3v) is 6.28. The quantitative estimate of drug-likeness (QED) is 0.752. The van der Waals surface area contributed by atoms with Crippen molar-refractivity contribution in [2.24, 2.45) is 0 Å². The normalized spacial score (nSPS) is 23.4. The van der Waals surface area contributed by atoms with Gasteiger partial charge in [0.1, 0.15) is 6.04 Å². The summed E-state index contributed by atoms with van der Waals surface area (Å²) < 4.78 is 5.22. The van der Waals surface area contributed by atoms with Gasteiger partial charge in [-0.1, -0.05) is 0 Å². The Hall–Kier alpha value is -2.35. The monoisotopic (exact) mass is 402 g/mol. The van der Waals surface area contributed by atoms with Gasteiger partial charge in [-0.2, -0.15) is 0 Å². The van der Waals surface area contributed by atoms with Crippen molar-refractivity contribution in [1.29, 1.82) is 0 Å². The average Bonchev–Trinajstić information content (AvgIpc) is 3.46. The van der Waals surface area contributed by atoms with E-state index >= 15 is 0 Å². The van der Waals surface area contributed by atoms with Gasteiger partial charge in [0.15, 0.2) is 5.76 Å². The highest BCUT2D eigenvalue weighted by molar-refractivity contribution is 5.96. The zero-order valence-electron chi connectivity index (χ0n) is 16.9. The second kappa shape index (κ2) is 8.98. The van der Waals surface area contributed by atoms with Gasteiger partial charge in [-0.05, 0) is 44.2 Å². The maximum atomic E-state index is 13.1. The Labute approximate surface area is 171 Å². The van der Waals surface area contributed by atoms with Crippen molar-refractivity contribution in [2.75, 3.05) is 52.4 Å². The van der Waals surface area contributed by atoms with Gasteiger partial charge in [0.2, 0.25) is 11.8 Å². The molecule has 3 saturated heterocycles. The predicted molar refractivity (Wildman–Crippen MR) is 106 cm³/mol. The molecule has 3 amide bonds. The van der Waals surface area contributed by atoms with E-state index < -0.39 is 6.04 Å². The molecule has 0 bridgehead atoms. The average molecular weight is 402 g/mol. The van der Waals surface area contributed by atoms with Crippen LogP contribution in [0.25, 0.3) is 0 Å². The van der Waals surface area contributed by atoms with Crippen LogP contribution < -0.4 is 0 Å². The van der Waals surface area contributed by atoms with E-state index in [1.165, 1.54) is 12.7 Å². The smallest absolute Gasteiger partial charge is 0.290 e. The summed E-state index contributed by atoms with van der Waals surface area (Å²) in [5, 5.41) is 0. The maximum absolute atomic E-state index is 13.1. The van der Waals surface area contributed by atoms with Crippen LogP contribution in [0.4, 0.5) is 0 Å². The molecule has 1 atom stereocenters. The van der Waals surface area contributed by atoms with Crippen LogP contribution >= 0.6 is 0 Å². The van der Waals surface area contributed by atoms with Gasteiger partial charge in [0, 0.05) is 45.8 Å². The first-order chi connectivity index (χ1) is 14.1. The first-order valence-electron chi connectivity index (χ1n) is 10.8. The SMILES string of the molecule is O=C(CN1CCN(C(=O)C2CCCN2C(=O)c2ccco2)CC1)N1CCCCC1. The summed E-state index contributed by atoms with van der Waals surface area (Å²) in [6.07, 6.45) is 6.41. The van der Waals surface area contributed by atoms with E-state index in [4.69, 9.17) is 4.42 Å². The van der Waals surface area contributed by atoms with Crippen LogP contribution in [0.5, 0.6) is 0 Å². The highest BCUT2D eigenvalue weighted by Gasteiger charge is 2.38. The van der Waals surface area contributed by atoms with Crippen LogP contribution in [0.15, 0.2) is 22.8 Å². The van der Waals surface area contributed by atoms with Crippen molar-refractivity contribution in [1.82, 2.24) is 19.6 Å². The van der Waals surface area contributed by atoms with Gasteiger partial charge in [0.05, 0.1) is 12.8 Å². The molecule has 1 aromatic heterocycles. The van der Waals surface area contributed by atoms with E-state index in [9.17, 15) is 14.4 Å². The third-order valence-electron chi connectivity index (χ3n) is 6.28. The van der Waals surface area contributed by atoms with Gasteiger partial charge >= 0.3 is 0 Å². The molecule has 0 aromatic carbocycles. The molecule has 0 spiro atoms. The number of furan rings is 1. The third kappa shape index (κ3) is 4.47. The molecule has 0 aliphatic carbocycles. The number of carbonyl (C=O) groups excluding carboxylic acids is 3. The molecule has 8 nitrogen and oxygen atoms in total. The number of piperazine rings is 1. The summed E-state index contributed by atoms with van der Waals surface area (Å²) >= 11 is 0. The molecule has 0 radical (unpaired) electrons. The molecule has 3 aliphatic heterocycles. The Morgan fingerprint density at radius 3 is 2.34 bits per heavy atom. The van der Waals surface area contributed by atoms with Crippen molar-refractivity contribution in [3.8, 4) is 0 Å². The van der Waals surface area contributed by atoms with Crippen LogP contribution in [0.3, 0.4) is 0 Å². The van der Waals surface area contributed by atoms with Crippen molar-refractivity contribution in [2.45, 2.75) is 38.1 Å². The molecule has 3 fully saturated rings. The molecular formula is C21H30N4O4. The summed E-state index contributed by atoms with van der Waals surface area (Å²) in [5.41, 5.74) is 0. The lowest BCUT2D eigenvalue weighted by atomic mass is 10.1. The number of likely N-dealkylation sites (tertiary alicyclic amines) is 2.